The summed E-state index contributed by atoms with van der Waals surface area (Å²) in [5, 5.41) is 13.4. The van der Waals surface area contributed by atoms with Gasteiger partial charge in [-0.25, -0.2) is 8.78 Å². The van der Waals surface area contributed by atoms with Crippen molar-refractivity contribution in [2.24, 2.45) is 11.8 Å². The number of alkyl halides is 1. The van der Waals surface area contributed by atoms with E-state index in [0.717, 1.165) is 11.1 Å². The van der Waals surface area contributed by atoms with E-state index in [1.165, 1.54) is 12.1 Å². The molecule has 0 unspecified atom stereocenters. The number of carbonyl (C=O) groups excluding carboxylic acids is 1. The molecule has 2 aromatic rings. The molecule has 2 rings (SSSR count). The normalized spacial score (nSPS) is 12.9. The van der Waals surface area contributed by atoms with Gasteiger partial charge >= 0.3 is 5.97 Å². The molecular formula is C24H31BClF2NO3. The summed E-state index contributed by atoms with van der Waals surface area (Å²) in [5.74, 6) is -1.07. The van der Waals surface area contributed by atoms with Crippen LogP contribution in [0.15, 0.2) is 42.5 Å². The van der Waals surface area contributed by atoms with E-state index in [2.05, 4.69) is 5.32 Å². The van der Waals surface area contributed by atoms with E-state index in [1.807, 2.05) is 24.3 Å². The fraction of sp³-hybridized carbons (Fsp3) is 0.458. The minimum absolute atomic E-state index is 0.0188. The topological polar surface area (TPSA) is 58.6 Å². The number of hydrogen-bond acceptors (Lipinski definition) is 4. The van der Waals surface area contributed by atoms with Crippen LogP contribution in [-0.4, -0.2) is 44.3 Å². The Balaban J connectivity index is 2.14. The Morgan fingerprint density at radius 2 is 1.97 bits per heavy atom. The number of benzene rings is 2. The van der Waals surface area contributed by atoms with Crippen LogP contribution in [0.2, 0.25) is 18.2 Å². The van der Waals surface area contributed by atoms with Gasteiger partial charge in [-0.1, -0.05) is 42.7 Å². The molecule has 2 N–H and O–H groups in total. The first-order chi connectivity index (χ1) is 15.3. The first-order valence-electron chi connectivity index (χ1n) is 11.0. The number of rotatable bonds is 13. The zero-order chi connectivity index (χ0) is 23.5. The Kier molecular flexibility index (Phi) is 11.1. The lowest BCUT2D eigenvalue weighted by atomic mass is 9.62. The summed E-state index contributed by atoms with van der Waals surface area (Å²) in [6.07, 6.45) is 1.67. The maximum Gasteiger partial charge on any atom is 0.310 e. The maximum absolute atomic E-state index is 14.2. The van der Waals surface area contributed by atoms with Crippen LogP contribution in [0.25, 0.3) is 11.1 Å². The smallest absolute Gasteiger partial charge is 0.310 e. The lowest BCUT2D eigenvalue weighted by Gasteiger charge is -2.23. The van der Waals surface area contributed by atoms with Crippen LogP contribution in [0.1, 0.15) is 18.9 Å². The maximum atomic E-state index is 14.2. The molecule has 0 fully saturated rings. The highest BCUT2D eigenvalue weighted by molar-refractivity contribution is 6.48. The van der Waals surface area contributed by atoms with Crippen LogP contribution in [0.5, 0.6) is 0 Å². The van der Waals surface area contributed by atoms with Crippen LogP contribution in [0.4, 0.5) is 8.78 Å². The number of halogens is 3. The Labute approximate surface area is 194 Å². The molecule has 0 aliphatic heterocycles. The largest absolute Gasteiger partial charge is 0.466 e. The summed E-state index contributed by atoms with van der Waals surface area (Å²) in [4.78, 5) is 12.4. The van der Waals surface area contributed by atoms with Crippen molar-refractivity contribution in [1.29, 1.82) is 0 Å². The van der Waals surface area contributed by atoms with Crippen molar-refractivity contribution in [3.63, 3.8) is 0 Å². The molecule has 0 saturated carbocycles. The summed E-state index contributed by atoms with van der Waals surface area (Å²) >= 11 is 6.00. The van der Waals surface area contributed by atoms with Gasteiger partial charge < -0.3 is 15.1 Å². The monoisotopic (exact) mass is 465 g/mol. The van der Waals surface area contributed by atoms with Crippen molar-refractivity contribution >= 4 is 24.5 Å². The lowest BCUT2D eigenvalue weighted by Crippen LogP contribution is -2.33. The molecule has 0 bridgehead atoms. The lowest BCUT2D eigenvalue weighted by molar-refractivity contribution is -0.148. The molecule has 0 aliphatic rings. The van der Waals surface area contributed by atoms with Gasteiger partial charge in [-0.15, -0.1) is 0 Å². The molecule has 2 aromatic carbocycles. The molecule has 2 atom stereocenters. The zero-order valence-corrected chi connectivity index (χ0v) is 19.4. The molecular weight excluding hydrogens is 435 g/mol. The van der Waals surface area contributed by atoms with Gasteiger partial charge in [-0.3, -0.25) is 4.79 Å². The molecule has 0 aliphatic carbocycles. The zero-order valence-electron chi connectivity index (χ0n) is 18.6. The quantitative estimate of drug-likeness (QED) is 0.247. The van der Waals surface area contributed by atoms with Crippen molar-refractivity contribution in [2.75, 3.05) is 26.4 Å². The van der Waals surface area contributed by atoms with Crippen molar-refractivity contribution < 1.29 is 23.3 Å². The Morgan fingerprint density at radius 3 is 2.59 bits per heavy atom. The summed E-state index contributed by atoms with van der Waals surface area (Å²) in [7, 11) is 0. The van der Waals surface area contributed by atoms with Crippen molar-refractivity contribution in [3.8, 4) is 11.1 Å². The number of carbonyl (C=O) groups is 1. The third-order valence-electron chi connectivity index (χ3n) is 5.29. The van der Waals surface area contributed by atoms with Gasteiger partial charge in [0.15, 0.2) is 0 Å². The van der Waals surface area contributed by atoms with Crippen LogP contribution < -0.4 is 5.32 Å². The molecule has 174 valence electrons. The van der Waals surface area contributed by atoms with Gasteiger partial charge in [0, 0.05) is 23.7 Å². The molecule has 0 amide bonds. The fourth-order valence-electron chi connectivity index (χ4n) is 3.89. The Bertz CT molecular complexity index is 852. The van der Waals surface area contributed by atoms with Gasteiger partial charge in [0.05, 0.1) is 12.5 Å². The van der Waals surface area contributed by atoms with E-state index >= 15 is 0 Å². The first kappa shape index (κ1) is 26.3. The molecule has 0 aromatic heterocycles. The van der Waals surface area contributed by atoms with Crippen LogP contribution in [-0.2, 0) is 16.0 Å². The molecule has 32 heavy (non-hydrogen) atoms. The van der Waals surface area contributed by atoms with E-state index < -0.39 is 19.5 Å². The summed E-state index contributed by atoms with van der Waals surface area (Å²) in [5.41, 5.74) is 2.17. The number of ether oxygens (including phenoxy) is 1. The van der Waals surface area contributed by atoms with Gasteiger partial charge in [0.1, 0.15) is 12.5 Å². The Hall–Kier alpha value is -1.96. The van der Waals surface area contributed by atoms with Gasteiger partial charge in [0.2, 0.25) is 0 Å². The fourth-order valence-corrected chi connectivity index (χ4v) is 4.06. The second-order valence-corrected chi connectivity index (χ2v) is 8.49. The third-order valence-corrected chi connectivity index (χ3v) is 5.53. The van der Waals surface area contributed by atoms with E-state index in [4.69, 9.17) is 16.3 Å². The molecule has 0 saturated heterocycles. The number of nitrogens with one attached hydrogen (secondary N) is 1. The van der Waals surface area contributed by atoms with E-state index in [-0.39, 0.29) is 30.9 Å². The SMILES string of the molecule is CCOC(=O)[C@H](CNCCF)C[C@H](CB(C)O)Cc1ccc(-c2cc(Cl)ccc2F)cc1. The highest BCUT2D eigenvalue weighted by Crippen LogP contribution is 2.28. The second-order valence-electron chi connectivity index (χ2n) is 8.05. The van der Waals surface area contributed by atoms with Crippen LogP contribution >= 0.6 is 11.6 Å². The predicted octanol–water partition coefficient (Wildman–Crippen LogP) is 5.05. The average molecular weight is 466 g/mol. The molecule has 0 radical (unpaired) electrons. The highest BCUT2D eigenvalue weighted by atomic mass is 35.5. The van der Waals surface area contributed by atoms with E-state index in [0.29, 0.717) is 36.3 Å². The second kappa shape index (κ2) is 13.6. The third kappa shape index (κ3) is 8.53. The number of esters is 1. The standard InChI is InChI=1S/C24H31BClF2NO3/c1-3-32-24(30)20(16-29-11-10-27)13-18(15-25(2)31)12-17-4-6-19(7-5-17)22-14-21(26)8-9-23(22)28/h4-9,14,18,20,29,31H,3,10-13,15-16H2,1-2H3/t18-,20+/m1/s1. The predicted molar refractivity (Wildman–Crippen MR) is 126 cm³/mol. The van der Waals surface area contributed by atoms with Crippen LogP contribution in [0.3, 0.4) is 0 Å². The number of hydrogen-bond donors (Lipinski definition) is 2. The van der Waals surface area contributed by atoms with E-state index in [9.17, 15) is 18.6 Å². The molecule has 0 spiro atoms. The summed E-state index contributed by atoms with van der Waals surface area (Å²) < 4.78 is 31.8. The minimum Gasteiger partial charge on any atom is -0.466 e. The average Bonchev–Trinajstić information content (AvgIpc) is 2.75. The van der Waals surface area contributed by atoms with Crippen LogP contribution in [0, 0.1) is 17.7 Å². The summed E-state index contributed by atoms with van der Waals surface area (Å²) in [6.45, 7) is 3.22. The molecule has 8 heteroatoms. The summed E-state index contributed by atoms with van der Waals surface area (Å²) in [6, 6.07) is 12.0. The van der Waals surface area contributed by atoms with Crippen molar-refractivity contribution in [3.05, 3.63) is 58.9 Å². The minimum atomic E-state index is -0.526. The first-order valence-corrected chi connectivity index (χ1v) is 11.4. The van der Waals surface area contributed by atoms with Gasteiger partial charge in [-0.05, 0) is 61.3 Å². The van der Waals surface area contributed by atoms with Gasteiger partial charge in [0.25, 0.3) is 6.92 Å². The molecule has 4 nitrogen and oxygen atoms in total. The van der Waals surface area contributed by atoms with Crippen molar-refractivity contribution in [2.45, 2.75) is 32.9 Å². The van der Waals surface area contributed by atoms with Gasteiger partial charge in [-0.2, -0.15) is 0 Å². The van der Waals surface area contributed by atoms with E-state index in [1.54, 1.807) is 19.8 Å². The van der Waals surface area contributed by atoms with Crippen molar-refractivity contribution in [1.82, 2.24) is 5.32 Å². The Morgan fingerprint density at radius 1 is 1.25 bits per heavy atom. The highest BCUT2D eigenvalue weighted by Gasteiger charge is 2.26. The molecule has 0 heterocycles.